The van der Waals surface area contributed by atoms with Crippen LogP contribution in [-0.4, -0.2) is 51.8 Å². The number of methoxy groups -OCH3 is 2. The Bertz CT molecular complexity index is 1620. The van der Waals surface area contributed by atoms with Gasteiger partial charge in [0.1, 0.15) is 18.1 Å². The third-order valence-electron chi connectivity index (χ3n) is 7.31. The Morgan fingerprint density at radius 3 is 2.51 bits per heavy atom. The highest BCUT2D eigenvalue weighted by Gasteiger charge is 2.38. The van der Waals surface area contributed by atoms with Crippen molar-refractivity contribution in [3.8, 4) is 22.9 Å². The lowest BCUT2D eigenvalue weighted by molar-refractivity contribution is -0.128. The molecule has 2 heterocycles. The lowest BCUT2D eigenvalue weighted by atomic mass is 9.89. The van der Waals surface area contributed by atoms with Crippen molar-refractivity contribution in [1.82, 2.24) is 25.5 Å². The molecule has 2 aromatic heterocycles. The predicted octanol–water partition coefficient (Wildman–Crippen LogP) is 4.83. The Morgan fingerprint density at radius 2 is 1.81 bits per heavy atom. The van der Waals surface area contributed by atoms with Gasteiger partial charge in [0.2, 0.25) is 5.82 Å². The Labute approximate surface area is 251 Å². The molecule has 0 radical (unpaired) electrons. The molecule has 0 aliphatic heterocycles. The lowest BCUT2D eigenvalue weighted by Gasteiger charge is -2.34. The molecule has 0 spiro atoms. The van der Waals surface area contributed by atoms with Gasteiger partial charge in [0.15, 0.2) is 17.5 Å². The molecule has 0 bridgehead atoms. The zero-order valence-electron chi connectivity index (χ0n) is 25.5. The summed E-state index contributed by atoms with van der Waals surface area (Å²) in [4.78, 5) is 31.1. The van der Waals surface area contributed by atoms with Crippen LogP contribution < -0.4 is 19.7 Å². The fourth-order valence-electron chi connectivity index (χ4n) is 5.41. The number of hydrogen-bond acceptors (Lipinski definition) is 8. The monoisotopic (exact) mass is 586 g/mol. The number of anilines is 1. The minimum atomic E-state index is -1.05. The fraction of sp³-hybridized carbons (Fsp3) is 0.406. The van der Waals surface area contributed by atoms with Gasteiger partial charge in [0, 0.05) is 16.8 Å². The molecule has 2 amide bonds. The number of tetrazole rings is 1. The number of furan rings is 1. The van der Waals surface area contributed by atoms with Gasteiger partial charge in [-0.2, -0.15) is 4.80 Å². The molecule has 0 saturated heterocycles. The number of nitrogens with one attached hydrogen (secondary N) is 1. The van der Waals surface area contributed by atoms with Gasteiger partial charge in [-0.15, -0.1) is 10.2 Å². The van der Waals surface area contributed by atoms with Crippen LogP contribution in [0, 0.1) is 6.92 Å². The Kier molecular flexibility index (Phi) is 8.52. The van der Waals surface area contributed by atoms with Crippen molar-refractivity contribution in [1.29, 1.82) is 0 Å². The Hall–Kier alpha value is -4.67. The largest absolute Gasteiger partial charge is 0.493 e. The van der Waals surface area contributed by atoms with Gasteiger partial charge in [-0.1, -0.05) is 12.1 Å². The summed E-state index contributed by atoms with van der Waals surface area (Å²) < 4.78 is 16.7. The van der Waals surface area contributed by atoms with Gasteiger partial charge in [-0.3, -0.25) is 14.5 Å². The highest BCUT2D eigenvalue weighted by atomic mass is 16.5. The van der Waals surface area contributed by atoms with Crippen LogP contribution in [0.1, 0.15) is 62.3 Å². The van der Waals surface area contributed by atoms with E-state index in [0.717, 1.165) is 31.2 Å². The van der Waals surface area contributed by atoms with Crippen molar-refractivity contribution in [2.75, 3.05) is 19.1 Å². The maximum Gasteiger partial charge on any atom is 0.251 e. The number of benzene rings is 2. The summed E-state index contributed by atoms with van der Waals surface area (Å²) in [6.07, 6.45) is 3.82. The van der Waals surface area contributed by atoms with E-state index < -0.39 is 11.6 Å². The van der Waals surface area contributed by atoms with E-state index in [1.54, 1.807) is 49.5 Å². The predicted molar refractivity (Wildman–Crippen MR) is 161 cm³/mol. The molecule has 11 heteroatoms. The van der Waals surface area contributed by atoms with Crippen LogP contribution in [0.5, 0.6) is 11.5 Å². The van der Waals surface area contributed by atoms with E-state index >= 15 is 0 Å². The van der Waals surface area contributed by atoms with Crippen molar-refractivity contribution in [3.05, 3.63) is 71.2 Å². The van der Waals surface area contributed by atoms with Crippen molar-refractivity contribution >= 4 is 17.5 Å². The molecule has 0 saturated carbocycles. The van der Waals surface area contributed by atoms with Crippen LogP contribution in [0.2, 0.25) is 0 Å². The lowest BCUT2D eigenvalue weighted by Crippen LogP contribution is -2.50. The van der Waals surface area contributed by atoms with Gasteiger partial charge in [0.25, 0.3) is 11.8 Å². The van der Waals surface area contributed by atoms with E-state index in [2.05, 4.69) is 26.8 Å². The van der Waals surface area contributed by atoms with E-state index in [9.17, 15) is 9.59 Å². The molecule has 1 unspecified atom stereocenters. The number of fused-ring (bicyclic) bond motifs is 1. The van der Waals surface area contributed by atoms with Crippen LogP contribution in [0.3, 0.4) is 0 Å². The fourth-order valence-corrected chi connectivity index (χ4v) is 5.41. The second-order valence-corrected chi connectivity index (χ2v) is 11.7. The zero-order valence-corrected chi connectivity index (χ0v) is 25.5. The summed E-state index contributed by atoms with van der Waals surface area (Å²) in [7, 11) is 3.11. The molecule has 1 aliphatic rings. The van der Waals surface area contributed by atoms with Gasteiger partial charge in [0.05, 0.1) is 14.2 Å². The average molecular weight is 587 g/mol. The number of aryl methyl sites for hydroxylation is 2. The van der Waals surface area contributed by atoms with Gasteiger partial charge in [-0.25, -0.2) is 0 Å². The normalized spacial score (nSPS) is 13.6. The van der Waals surface area contributed by atoms with Gasteiger partial charge < -0.3 is 19.2 Å². The average Bonchev–Trinajstić information content (AvgIpc) is 3.63. The molecule has 1 N–H and O–H groups in total. The van der Waals surface area contributed by atoms with Crippen molar-refractivity contribution in [2.45, 2.75) is 71.5 Å². The van der Waals surface area contributed by atoms with Crippen molar-refractivity contribution < 1.29 is 23.5 Å². The maximum absolute atomic E-state index is 14.4. The topological polar surface area (TPSA) is 125 Å². The van der Waals surface area contributed by atoms with Crippen LogP contribution in [0.4, 0.5) is 5.69 Å². The molecule has 4 aromatic rings. The number of nitrogens with zero attached hydrogens (tertiary/aromatic N) is 5. The first-order chi connectivity index (χ1) is 20.6. The van der Waals surface area contributed by atoms with Crippen LogP contribution >= 0.6 is 0 Å². The summed E-state index contributed by atoms with van der Waals surface area (Å²) in [5, 5.41) is 15.9. The van der Waals surface area contributed by atoms with E-state index in [-0.39, 0.29) is 18.4 Å². The highest BCUT2D eigenvalue weighted by molar-refractivity contribution is 6.01. The quantitative estimate of drug-likeness (QED) is 0.296. The molecule has 11 nitrogen and oxygen atoms in total. The molecule has 1 atom stereocenters. The van der Waals surface area contributed by atoms with Crippen LogP contribution in [0.25, 0.3) is 11.4 Å². The summed E-state index contributed by atoms with van der Waals surface area (Å²) >= 11 is 0. The first-order valence-corrected chi connectivity index (χ1v) is 14.4. The van der Waals surface area contributed by atoms with Gasteiger partial charge >= 0.3 is 0 Å². The molecule has 2 aromatic carbocycles. The molecule has 226 valence electrons. The summed E-state index contributed by atoms with van der Waals surface area (Å²) in [6.45, 7) is 7.28. The van der Waals surface area contributed by atoms with E-state index in [0.29, 0.717) is 40.1 Å². The minimum absolute atomic E-state index is 0.247. The SMILES string of the molecule is COc1ccc(-c2nnn(CC(=O)N(c3cccc4c3CCCC4)C(C(=O)NC(C)(C)C)c3ccc(C)o3)n2)cc1OC. The Balaban J connectivity index is 1.55. The van der Waals surface area contributed by atoms with Crippen LogP contribution in [0.15, 0.2) is 52.9 Å². The number of hydrogen-bond donors (Lipinski definition) is 1. The minimum Gasteiger partial charge on any atom is -0.493 e. The molecule has 5 rings (SSSR count). The molecular weight excluding hydrogens is 548 g/mol. The molecular formula is C32H38N6O5. The summed E-state index contributed by atoms with van der Waals surface area (Å²) in [5.41, 5.74) is 3.05. The number of rotatable bonds is 9. The second kappa shape index (κ2) is 12.3. The van der Waals surface area contributed by atoms with E-state index in [4.69, 9.17) is 13.9 Å². The highest BCUT2D eigenvalue weighted by Crippen LogP contribution is 2.37. The van der Waals surface area contributed by atoms with E-state index in [1.165, 1.54) is 10.4 Å². The second-order valence-electron chi connectivity index (χ2n) is 11.7. The number of carbonyl (C=O) groups excluding carboxylic acids is 2. The molecule has 1 aliphatic carbocycles. The van der Waals surface area contributed by atoms with Crippen molar-refractivity contribution in [3.63, 3.8) is 0 Å². The smallest absolute Gasteiger partial charge is 0.251 e. The first-order valence-electron chi connectivity index (χ1n) is 14.4. The standard InChI is InChI=1S/C32H38N6O5/c1-20-14-16-26(43-20)29(31(40)33-32(2,3)4)38(24-13-9-11-21-10-7-8-12-23(21)24)28(39)19-37-35-30(34-36-37)22-15-17-25(41-5)27(18-22)42-6/h9,11,13-18,29H,7-8,10,12,19H2,1-6H3,(H,33,40). The third-order valence-corrected chi connectivity index (χ3v) is 7.31. The third kappa shape index (κ3) is 6.55. The molecule has 43 heavy (non-hydrogen) atoms. The maximum atomic E-state index is 14.4. The number of ether oxygens (including phenoxy) is 2. The first kappa shape index (κ1) is 29.8. The summed E-state index contributed by atoms with van der Waals surface area (Å²) in [6, 6.07) is 13.7. The summed E-state index contributed by atoms with van der Waals surface area (Å²) in [5.74, 6) is 1.71. The molecule has 0 fully saturated rings. The van der Waals surface area contributed by atoms with Crippen LogP contribution in [-0.2, 0) is 29.0 Å². The number of carbonyl (C=O) groups is 2. The Morgan fingerprint density at radius 1 is 1.05 bits per heavy atom. The van der Waals surface area contributed by atoms with Gasteiger partial charge in [-0.05, 0) is 106 Å². The number of aromatic nitrogens is 4. The zero-order chi connectivity index (χ0) is 30.7. The number of amides is 2. The van der Waals surface area contributed by atoms with E-state index in [1.807, 2.05) is 39.8 Å². The van der Waals surface area contributed by atoms with Crippen molar-refractivity contribution in [2.24, 2.45) is 0 Å².